The lowest BCUT2D eigenvalue weighted by atomic mass is 10.0. The average Bonchev–Trinajstić information content (AvgIpc) is 3.57. The monoisotopic (exact) mass is 618 g/mol. The number of hydrogen-bond donors (Lipinski definition) is 3. The highest BCUT2D eigenvalue weighted by molar-refractivity contribution is 5.99. The fraction of sp³-hybridized carbons (Fsp3) is 0.531. The Morgan fingerprint density at radius 3 is 2.38 bits per heavy atom. The van der Waals surface area contributed by atoms with Crippen LogP contribution in [0.25, 0.3) is 11.0 Å². The van der Waals surface area contributed by atoms with Gasteiger partial charge in [-0.05, 0) is 63.8 Å². The molecule has 45 heavy (non-hydrogen) atoms. The summed E-state index contributed by atoms with van der Waals surface area (Å²) in [6.07, 6.45) is 11.1. The molecule has 3 aromatic heterocycles. The van der Waals surface area contributed by atoms with Gasteiger partial charge in [-0.25, -0.2) is 15.4 Å². The quantitative estimate of drug-likeness (QED) is 0.118. The number of piperazine rings is 1. The van der Waals surface area contributed by atoms with Crippen LogP contribution in [0.2, 0.25) is 0 Å². The maximum Gasteiger partial charge on any atom is 0.263 e. The summed E-state index contributed by atoms with van der Waals surface area (Å²) < 4.78 is 1.68. The Hall–Kier alpha value is -4.23. The van der Waals surface area contributed by atoms with Gasteiger partial charge in [-0.2, -0.15) is 4.98 Å². The number of nitrogens with zero attached hydrogens (tertiary/aromatic N) is 6. The van der Waals surface area contributed by atoms with E-state index in [1.165, 1.54) is 6.92 Å². The summed E-state index contributed by atoms with van der Waals surface area (Å²) in [5.41, 5.74) is 3.15. The molecule has 0 aromatic carbocycles. The zero-order chi connectivity index (χ0) is 31.9. The van der Waals surface area contributed by atoms with E-state index in [1.54, 1.807) is 41.5 Å². The van der Waals surface area contributed by atoms with Gasteiger partial charge in [0.2, 0.25) is 11.9 Å². The molecule has 0 bridgehead atoms. The van der Waals surface area contributed by atoms with Crippen molar-refractivity contribution in [2.24, 2.45) is 0 Å². The number of hydroxylamine groups is 1. The van der Waals surface area contributed by atoms with Crippen molar-refractivity contribution in [2.45, 2.75) is 77.7 Å². The summed E-state index contributed by atoms with van der Waals surface area (Å²) in [7, 11) is 0. The zero-order valence-corrected chi connectivity index (χ0v) is 26.0. The Balaban J connectivity index is 1.19. The molecular weight excluding hydrogens is 576 g/mol. The van der Waals surface area contributed by atoms with Crippen molar-refractivity contribution < 1.29 is 19.6 Å². The van der Waals surface area contributed by atoms with Crippen LogP contribution in [0.5, 0.6) is 0 Å². The summed E-state index contributed by atoms with van der Waals surface area (Å²) >= 11 is 0. The molecule has 2 fully saturated rings. The smallest absolute Gasteiger partial charge is 0.263 e. The third-order valence-corrected chi connectivity index (χ3v) is 8.91. The summed E-state index contributed by atoms with van der Waals surface area (Å²) in [4.78, 5) is 67.8. The van der Waals surface area contributed by atoms with Crippen molar-refractivity contribution in [3.8, 4) is 0 Å². The molecule has 4 heterocycles. The first-order chi connectivity index (χ1) is 21.8. The van der Waals surface area contributed by atoms with Gasteiger partial charge in [0.15, 0.2) is 5.78 Å². The predicted molar refractivity (Wildman–Crippen MR) is 169 cm³/mol. The highest BCUT2D eigenvalue weighted by atomic mass is 16.5. The predicted octanol–water partition coefficient (Wildman–Crippen LogP) is 3.77. The summed E-state index contributed by atoms with van der Waals surface area (Å²) in [6.45, 7) is 7.06. The van der Waals surface area contributed by atoms with E-state index in [1.807, 2.05) is 4.90 Å². The van der Waals surface area contributed by atoms with E-state index in [0.717, 1.165) is 71.0 Å². The topological polar surface area (TPSA) is 163 Å². The Morgan fingerprint density at radius 2 is 1.71 bits per heavy atom. The third kappa shape index (κ3) is 7.54. The number of nitrogens with one attached hydrogen (secondary N) is 2. The van der Waals surface area contributed by atoms with Gasteiger partial charge in [0.1, 0.15) is 11.5 Å². The number of unbranched alkanes of at least 4 members (excludes halogenated alkanes) is 3. The SMILES string of the molecule is CC(=O)c1c(C)c2cnc(Nc3ccc(C(=O)N4CCN(CCCCCCC(=O)NO)CC4)cn3)nc2n(C2CCCC2)c1=O. The van der Waals surface area contributed by atoms with Crippen LogP contribution in [0.15, 0.2) is 29.3 Å². The summed E-state index contributed by atoms with van der Waals surface area (Å²) in [5, 5.41) is 12.3. The van der Waals surface area contributed by atoms with Crippen LogP contribution in [-0.2, 0) is 4.79 Å². The lowest BCUT2D eigenvalue weighted by molar-refractivity contribution is -0.129. The molecule has 3 N–H and O–H groups in total. The minimum Gasteiger partial charge on any atom is -0.336 e. The molecule has 1 saturated heterocycles. The minimum atomic E-state index is -0.344. The second-order valence-corrected chi connectivity index (χ2v) is 12.0. The Kier molecular flexibility index (Phi) is 10.5. The van der Waals surface area contributed by atoms with Crippen molar-refractivity contribution in [2.75, 3.05) is 38.0 Å². The second kappa shape index (κ2) is 14.7. The fourth-order valence-electron chi connectivity index (χ4n) is 6.41. The fourth-order valence-corrected chi connectivity index (χ4v) is 6.41. The first-order valence-corrected chi connectivity index (χ1v) is 15.9. The maximum absolute atomic E-state index is 13.5. The molecule has 0 unspecified atom stereocenters. The standard InChI is InChI=1S/C32H42N8O5/c1-21-25-20-34-32(36-29(25)40(24-9-6-7-10-24)31(44)28(21)22(2)41)35-26-13-12-23(19-33-26)30(43)39-17-15-38(16-18-39)14-8-4-3-5-11-27(42)37-45/h12-13,19-20,24,45H,3-11,14-18H2,1-2H3,(H,37,42)(H,33,34,35,36). The van der Waals surface area contributed by atoms with Crippen molar-refractivity contribution in [3.63, 3.8) is 0 Å². The van der Waals surface area contributed by atoms with Gasteiger partial charge in [-0.1, -0.05) is 25.7 Å². The number of fused-ring (bicyclic) bond motifs is 1. The van der Waals surface area contributed by atoms with Gasteiger partial charge in [0, 0.05) is 56.4 Å². The highest BCUT2D eigenvalue weighted by Gasteiger charge is 2.26. The molecule has 2 amide bonds. The van der Waals surface area contributed by atoms with Gasteiger partial charge in [-0.15, -0.1) is 0 Å². The number of anilines is 2. The maximum atomic E-state index is 13.5. The number of aromatic nitrogens is 4. The van der Waals surface area contributed by atoms with Crippen LogP contribution in [0, 0.1) is 6.92 Å². The average molecular weight is 619 g/mol. The van der Waals surface area contributed by atoms with Gasteiger partial charge >= 0.3 is 0 Å². The van der Waals surface area contributed by atoms with E-state index >= 15 is 0 Å². The number of hydrogen-bond acceptors (Lipinski definition) is 10. The van der Waals surface area contributed by atoms with E-state index in [2.05, 4.69) is 20.2 Å². The number of carbonyl (C=O) groups is 3. The number of rotatable bonds is 12. The molecule has 13 heteroatoms. The molecule has 2 aliphatic rings. The van der Waals surface area contributed by atoms with Gasteiger partial charge in [-0.3, -0.25) is 33.9 Å². The number of Topliss-reactive ketones (excluding diaryl/α,β-unsaturated/α-hetero) is 1. The Morgan fingerprint density at radius 1 is 0.978 bits per heavy atom. The van der Waals surface area contributed by atoms with Crippen molar-refractivity contribution >= 4 is 40.4 Å². The van der Waals surface area contributed by atoms with Crippen molar-refractivity contribution in [1.29, 1.82) is 0 Å². The van der Waals surface area contributed by atoms with Crippen LogP contribution in [0.1, 0.15) is 97.0 Å². The molecule has 1 aliphatic heterocycles. The normalized spacial score (nSPS) is 15.8. The molecule has 13 nitrogen and oxygen atoms in total. The lowest BCUT2D eigenvalue weighted by Crippen LogP contribution is -2.48. The van der Waals surface area contributed by atoms with Crippen molar-refractivity contribution in [3.05, 3.63) is 51.6 Å². The van der Waals surface area contributed by atoms with Crippen molar-refractivity contribution in [1.82, 2.24) is 34.8 Å². The second-order valence-electron chi connectivity index (χ2n) is 12.0. The molecule has 3 aromatic rings. The number of carbonyl (C=O) groups excluding carboxylic acids is 3. The number of aryl methyl sites for hydroxylation is 1. The molecule has 5 rings (SSSR count). The van der Waals surface area contributed by atoms with E-state index in [4.69, 9.17) is 10.2 Å². The first kappa shape index (κ1) is 32.2. The van der Waals surface area contributed by atoms with Crippen LogP contribution >= 0.6 is 0 Å². The molecular formula is C32H42N8O5. The van der Waals surface area contributed by atoms with Gasteiger partial charge in [0.25, 0.3) is 11.5 Å². The molecule has 1 aliphatic carbocycles. The zero-order valence-electron chi connectivity index (χ0n) is 26.0. The Bertz CT molecular complexity index is 1590. The van der Waals surface area contributed by atoms with Gasteiger partial charge in [0.05, 0.1) is 11.1 Å². The lowest BCUT2D eigenvalue weighted by Gasteiger charge is -2.34. The van der Waals surface area contributed by atoms with E-state index in [0.29, 0.717) is 47.5 Å². The third-order valence-electron chi connectivity index (χ3n) is 8.91. The van der Waals surface area contributed by atoms with Gasteiger partial charge < -0.3 is 10.2 Å². The largest absolute Gasteiger partial charge is 0.336 e. The Labute approximate surface area is 262 Å². The number of pyridine rings is 2. The molecule has 0 spiro atoms. The molecule has 240 valence electrons. The molecule has 0 radical (unpaired) electrons. The van der Waals surface area contributed by atoms with Crippen LogP contribution < -0.4 is 16.4 Å². The molecule has 0 atom stereocenters. The summed E-state index contributed by atoms with van der Waals surface area (Å²) in [5.74, 6) is 0.0882. The number of ketones is 1. The first-order valence-electron chi connectivity index (χ1n) is 15.9. The molecule has 1 saturated carbocycles. The van der Waals surface area contributed by atoms with Crippen LogP contribution in [0.3, 0.4) is 0 Å². The van der Waals surface area contributed by atoms with Crippen LogP contribution in [-0.4, -0.2) is 84.8 Å². The van der Waals surface area contributed by atoms with Crippen LogP contribution in [0.4, 0.5) is 11.8 Å². The minimum absolute atomic E-state index is 0.00873. The van der Waals surface area contributed by atoms with E-state index in [9.17, 15) is 19.2 Å². The van der Waals surface area contributed by atoms with E-state index < -0.39 is 0 Å². The highest BCUT2D eigenvalue weighted by Crippen LogP contribution is 2.32. The number of amides is 2. The van der Waals surface area contributed by atoms with E-state index in [-0.39, 0.29) is 40.7 Å². The summed E-state index contributed by atoms with van der Waals surface area (Å²) in [6, 6.07) is 3.44.